The zero-order valence-corrected chi connectivity index (χ0v) is 24.0. The van der Waals surface area contributed by atoms with Crippen molar-refractivity contribution in [2.45, 2.75) is 113 Å². The van der Waals surface area contributed by atoms with Crippen molar-refractivity contribution in [2.75, 3.05) is 6.54 Å². The molecule has 0 aliphatic heterocycles. The van der Waals surface area contributed by atoms with Crippen LogP contribution in [-0.4, -0.2) is 17.2 Å². The molecule has 0 spiro atoms. The van der Waals surface area contributed by atoms with Gasteiger partial charge in [-0.1, -0.05) is 67.0 Å². The molecule has 3 aliphatic carbocycles. The molecule has 0 saturated heterocycles. The van der Waals surface area contributed by atoms with Gasteiger partial charge in [0.1, 0.15) is 0 Å². The monoisotopic (exact) mass is 499 g/mol. The first kappa shape index (κ1) is 34.4. The summed E-state index contributed by atoms with van der Waals surface area (Å²) in [5.74, 6) is 4.07. The highest BCUT2D eigenvalue weighted by Gasteiger charge is 2.60. The second kappa shape index (κ2) is 16.3. The van der Waals surface area contributed by atoms with Crippen molar-refractivity contribution in [3.05, 3.63) is 51.4 Å². The van der Waals surface area contributed by atoms with Crippen molar-refractivity contribution in [1.29, 1.82) is 0 Å². The van der Waals surface area contributed by atoms with Crippen LogP contribution in [0.4, 0.5) is 0 Å². The van der Waals surface area contributed by atoms with Crippen LogP contribution in [0.5, 0.6) is 0 Å². The number of fused-ring (bicyclic) bond motifs is 3. The largest absolute Gasteiger partial charge is 0.348 e. The summed E-state index contributed by atoms with van der Waals surface area (Å²) in [6.45, 7) is 28.3. The predicted octanol–water partition coefficient (Wildman–Crippen LogP) is 10.2. The Morgan fingerprint density at radius 2 is 1.64 bits per heavy atom. The molecule has 0 aromatic carbocycles. The van der Waals surface area contributed by atoms with Crippen LogP contribution in [0.2, 0.25) is 0 Å². The predicted molar refractivity (Wildman–Crippen MR) is 162 cm³/mol. The minimum atomic E-state index is 0. The van der Waals surface area contributed by atoms with Crippen molar-refractivity contribution in [3.63, 3.8) is 0 Å². The van der Waals surface area contributed by atoms with Crippen LogP contribution in [0, 0.1) is 40.4 Å². The van der Waals surface area contributed by atoms with E-state index in [1.54, 1.807) is 6.20 Å². The molecule has 0 amide bonds. The summed E-state index contributed by atoms with van der Waals surface area (Å²) in [5.41, 5.74) is 0.728. The number of carbonyl (C=O) groups excluding carboxylic acids is 1. The van der Waals surface area contributed by atoms with Gasteiger partial charge in [0.2, 0.25) is 0 Å². The minimum absolute atomic E-state index is 0. The van der Waals surface area contributed by atoms with E-state index in [0.717, 1.165) is 30.1 Å². The Labute approximate surface area is 226 Å². The van der Waals surface area contributed by atoms with E-state index in [1.807, 2.05) is 24.1 Å². The summed E-state index contributed by atoms with van der Waals surface area (Å²) >= 11 is 0. The van der Waals surface area contributed by atoms with Gasteiger partial charge in [0.25, 0.3) is 0 Å². The van der Waals surface area contributed by atoms with Crippen LogP contribution in [0.3, 0.4) is 0 Å². The van der Waals surface area contributed by atoms with Crippen LogP contribution in [0.25, 0.3) is 0 Å². The van der Waals surface area contributed by atoms with Gasteiger partial charge in [0.15, 0.2) is 5.78 Å². The molecule has 2 heteroatoms. The summed E-state index contributed by atoms with van der Waals surface area (Å²) in [6.07, 6.45) is 20.4. The first-order chi connectivity index (χ1) is 16.9. The molecular formula is C34H61NO. The van der Waals surface area contributed by atoms with Gasteiger partial charge < -0.3 is 4.90 Å². The lowest BCUT2D eigenvalue weighted by molar-refractivity contribution is -0.133. The van der Waals surface area contributed by atoms with E-state index >= 15 is 0 Å². The molecule has 7 atom stereocenters. The van der Waals surface area contributed by atoms with E-state index in [9.17, 15) is 4.79 Å². The highest BCUT2D eigenvalue weighted by atomic mass is 16.1. The molecular weight excluding hydrogens is 438 g/mol. The molecule has 3 fully saturated rings. The fraction of sp³-hybridized carbons (Fsp3) is 0.735. The third-order valence-corrected chi connectivity index (χ3v) is 10.1. The van der Waals surface area contributed by atoms with Gasteiger partial charge in [-0.3, -0.25) is 4.79 Å². The van der Waals surface area contributed by atoms with Gasteiger partial charge >= 0.3 is 0 Å². The van der Waals surface area contributed by atoms with Gasteiger partial charge in [0, 0.05) is 5.92 Å². The molecule has 3 rings (SSSR count). The fourth-order valence-corrected chi connectivity index (χ4v) is 8.58. The van der Waals surface area contributed by atoms with Gasteiger partial charge in [-0.05, 0) is 105 Å². The molecule has 0 heterocycles. The van der Waals surface area contributed by atoms with Gasteiger partial charge in [-0.25, -0.2) is 0 Å². The third kappa shape index (κ3) is 7.05. The van der Waals surface area contributed by atoms with Gasteiger partial charge in [0.05, 0.1) is 6.54 Å². The lowest BCUT2D eigenvalue weighted by Crippen LogP contribution is -2.52. The second-order valence-electron chi connectivity index (χ2n) is 11.5. The standard InChI is InChI=1S/C29H49NO.2C2H4.CH4/c1-7-11-12-22-13-14-23-24-15-16-26(27(31)21-30(10-4)20-9-3)29(24,6)19-17-25(23)28(22,5)18-8-2;2*1-2;/h9-10,20,22-26H,4,7-8,11-19,21H2,1-3,5-6H3;2*1-2H2;1H4/b20-9-;;;. The SMILES string of the molecule is C.C=C.C=C.C=CN(/C=C\C)CC(=O)C1CCC2C3CCC(CCCC)C(C)(CCC)C3CCC12C. The van der Waals surface area contributed by atoms with Crippen molar-refractivity contribution >= 4 is 5.78 Å². The van der Waals surface area contributed by atoms with Crippen molar-refractivity contribution in [3.8, 4) is 0 Å². The first-order valence-electron chi connectivity index (χ1n) is 14.4. The summed E-state index contributed by atoms with van der Waals surface area (Å²) in [4.78, 5) is 15.3. The molecule has 0 aromatic rings. The van der Waals surface area contributed by atoms with Crippen molar-refractivity contribution < 1.29 is 4.79 Å². The number of hydrogen-bond acceptors (Lipinski definition) is 2. The summed E-state index contributed by atoms with van der Waals surface area (Å²) in [5, 5.41) is 0. The molecule has 36 heavy (non-hydrogen) atoms. The van der Waals surface area contributed by atoms with E-state index in [-0.39, 0.29) is 18.8 Å². The molecule has 208 valence electrons. The molecule has 0 bridgehead atoms. The van der Waals surface area contributed by atoms with Crippen LogP contribution in [-0.2, 0) is 4.79 Å². The quantitative estimate of drug-likeness (QED) is 0.279. The number of nitrogens with zero attached hydrogens (tertiary/aromatic N) is 1. The molecule has 0 radical (unpaired) electrons. The minimum Gasteiger partial charge on any atom is -0.348 e. The summed E-state index contributed by atoms with van der Waals surface area (Å²) in [6, 6.07) is 0. The Bertz CT molecular complexity index is 681. The number of Topliss-reactive ketones (excluding diaryl/α,β-unsaturated/α-hetero) is 1. The fourth-order valence-electron chi connectivity index (χ4n) is 8.58. The maximum absolute atomic E-state index is 13.4. The summed E-state index contributed by atoms with van der Waals surface area (Å²) in [7, 11) is 0. The van der Waals surface area contributed by atoms with Crippen LogP contribution in [0.1, 0.15) is 113 Å². The molecule has 3 saturated carbocycles. The Balaban J connectivity index is 0.00000233. The molecule has 3 aliphatic rings. The Morgan fingerprint density at radius 3 is 2.19 bits per heavy atom. The number of hydrogen-bond donors (Lipinski definition) is 0. The average Bonchev–Trinajstić information content (AvgIpc) is 3.23. The number of ketones is 1. The lowest BCUT2D eigenvalue weighted by atomic mass is 9.46. The Hall–Kier alpha value is -1.57. The highest BCUT2D eigenvalue weighted by molar-refractivity contribution is 5.84. The number of unbranched alkanes of at least 4 members (excludes halogenated alkanes) is 1. The van der Waals surface area contributed by atoms with E-state index in [4.69, 9.17) is 0 Å². The second-order valence-corrected chi connectivity index (χ2v) is 11.5. The normalized spacial score (nSPS) is 34.5. The number of allylic oxidation sites excluding steroid dienone is 1. The van der Waals surface area contributed by atoms with Crippen LogP contribution >= 0.6 is 0 Å². The maximum Gasteiger partial charge on any atom is 0.156 e. The zero-order chi connectivity index (χ0) is 26.6. The summed E-state index contributed by atoms with van der Waals surface area (Å²) < 4.78 is 0. The average molecular weight is 500 g/mol. The third-order valence-electron chi connectivity index (χ3n) is 10.1. The Morgan fingerprint density at radius 1 is 0.972 bits per heavy atom. The number of carbonyl (C=O) groups is 1. The van der Waals surface area contributed by atoms with E-state index < -0.39 is 0 Å². The first-order valence-corrected chi connectivity index (χ1v) is 14.4. The Kier molecular flexibility index (Phi) is 15.6. The van der Waals surface area contributed by atoms with E-state index in [0.29, 0.717) is 17.7 Å². The lowest BCUT2D eigenvalue weighted by Gasteiger charge is -2.59. The van der Waals surface area contributed by atoms with Crippen LogP contribution in [0.15, 0.2) is 51.4 Å². The zero-order valence-electron chi connectivity index (χ0n) is 24.0. The molecule has 2 nitrogen and oxygen atoms in total. The highest BCUT2D eigenvalue weighted by Crippen LogP contribution is 2.66. The van der Waals surface area contributed by atoms with Crippen molar-refractivity contribution in [1.82, 2.24) is 4.90 Å². The topological polar surface area (TPSA) is 20.3 Å². The number of rotatable bonds is 10. The van der Waals surface area contributed by atoms with E-state index in [1.165, 1.54) is 64.2 Å². The smallest absolute Gasteiger partial charge is 0.156 e. The molecule has 0 aromatic heterocycles. The van der Waals surface area contributed by atoms with Crippen molar-refractivity contribution in [2.24, 2.45) is 40.4 Å². The molecule has 0 N–H and O–H groups in total. The molecule has 7 unspecified atom stereocenters. The maximum atomic E-state index is 13.4. The van der Waals surface area contributed by atoms with E-state index in [2.05, 4.69) is 60.6 Å². The van der Waals surface area contributed by atoms with Gasteiger partial charge in [-0.2, -0.15) is 0 Å². The van der Waals surface area contributed by atoms with Gasteiger partial charge in [-0.15, -0.1) is 26.3 Å². The van der Waals surface area contributed by atoms with Crippen LogP contribution < -0.4 is 0 Å².